The first-order valence-corrected chi connectivity index (χ1v) is 7.01. The molecule has 0 aliphatic carbocycles. The summed E-state index contributed by atoms with van der Waals surface area (Å²) in [5.74, 6) is 0.849. The molecule has 0 aromatic heterocycles. The van der Waals surface area contributed by atoms with Crippen LogP contribution in [0.2, 0.25) is 5.02 Å². The molecule has 4 heteroatoms. The zero-order valence-corrected chi connectivity index (χ0v) is 12.2. The average molecular weight is 282 g/mol. The van der Waals surface area contributed by atoms with Crippen molar-refractivity contribution in [3.8, 4) is 5.75 Å². The lowest BCUT2D eigenvalue weighted by Crippen LogP contribution is -2.24. The summed E-state index contributed by atoms with van der Waals surface area (Å²) in [6.07, 6.45) is 3.96. The molecule has 0 bridgehead atoms. The molecule has 0 saturated carbocycles. The van der Waals surface area contributed by atoms with Crippen molar-refractivity contribution in [3.63, 3.8) is 0 Å². The average Bonchev–Trinajstić information content (AvgIpc) is 2.45. The van der Waals surface area contributed by atoms with Crippen LogP contribution in [0.25, 0.3) is 0 Å². The predicted molar refractivity (Wildman–Crippen MR) is 77.7 cm³/mol. The number of ether oxygens (including phenoxy) is 2. The zero-order chi connectivity index (χ0) is 13.7. The highest BCUT2D eigenvalue weighted by Gasteiger charge is 2.21. The fourth-order valence-corrected chi connectivity index (χ4v) is 2.55. The van der Waals surface area contributed by atoms with Crippen molar-refractivity contribution in [2.24, 2.45) is 0 Å². The van der Waals surface area contributed by atoms with E-state index >= 15 is 0 Å². The normalized spacial score (nSPS) is 16.5. The number of nitrogens with one attached hydrogen (secondary N) is 1. The first kappa shape index (κ1) is 14.2. The van der Waals surface area contributed by atoms with E-state index in [1.165, 1.54) is 5.57 Å². The summed E-state index contributed by atoms with van der Waals surface area (Å²) in [6, 6.07) is 5.81. The van der Waals surface area contributed by atoms with Gasteiger partial charge in [0.1, 0.15) is 5.75 Å². The minimum Gasteiger partial charge on any atom is -0.501 e. The monoisotopic (exact) mass is 281 g/mol. The third-order valence-corrected chi connectivity index (χ3v) is 3.48. The molecule has 0 fully saturated rings. The number of hydrogen-bond donors (Lipinski definition) is 1. The molecular weight excluding hydrogens is 262 g/mol. The van der Waals surface area contributed by atoms with Gasteiger partial charge in [0.15, 0.2) is 0 Å². The van der Waals surface area contributed by atoms with Crippen molar-refractivity contribution in [1.82, 2.24) is 5.32 Å². The van der Waals surface area contributed by atoms with Crippen LogP contribution in [0.3, 0.4) is 0 Å². The third-order valence-electron chi connectivity index (χ3n) is 3.24. The molecule has 1 N–H and O–H groups in total. The van der Waals surface area contributed by atoms with Crippen LogP contribution in [0.5, 0.6) is 5.75 Å². The van der Waals surface area contributed by atoms with Crippen LogP contribution >= 0.6 is 11.6 Å². The zero-order valence-electron chi connectivity index (χ0n) is 11.4. The minimum absolute atomic E-state index is 0.0962. The second-order valence-electron chi connectivity index (χ2n) is 4.54. The minimum atomic E-state index is 0.0962. The van der Waals surface area contributed by atoms with Gasteiger partial charge in [0.05, 0.1) is 26.0 Å². The summed E-state index contributed by atoms with van der Waals surface area (Å²) >= 11 is 6.12. The maximum absolute atomic E-state index is 6.12. The Morgan fingerprint density at radius 1 is 1.47 bits per heavy atom. The highest BCUT2D eigenvalue weighted by molar-refractivity contribution is 6.30. The summed E-state index contributed by atoms with van der Waals surface area (Å²) in [4.78, 5) is 0. The highest BCUT2D eigenvalue weighted by atomic mass is 35.5. The fourth-order valence-electron chi connectivity index (χ4n) is 2.37. The van der Waals surface area contributed by atoms with E-state index in [9.17, 15) is 0 Å². The second-order valence-corrected chi connectivity index (χ2v) is 4.98. The molecule has 1 aliphatic heterocycles. The van der Waals surface area contributed by atoms with Crippen LogP contribution in [0.4, 0.5) is 0 Å². The maximum Gasteiger partial charge on any atom is 0.124 e. The summed E-state index contributed by atoms with van der Waals surface area (Å²) in [6.45, 7) is 3.76. The maximum atomic E-state index is 6.12. The van der Waals surface area contributed by atoms with E-state index in [0.717, 1.165) is 42.3 Å². The Hall–Kier alpha value is -1.19. The summed E-state index contributed by atoms with van der Waals surface area (Å²) < 4.78 is 10.9. The Labute approximate surface area is 119 Å². The number of hydrogen-bond acceptors (Lipinski definition) is 3. The molecule has 1 atom stereocenters. The second kappa shape index (κ2) is 6.83. The SMILES string of the molecule is CCNC(C1=COCCC1)c1cc(Cl)ccc1OC. The first-order chi connectivity index (χ1) is 9.26. The van der Waals surface area contributed by atoms with E-state index < -0.39 is 0 Å². The molecule has 1 heterocycles. The van der Waals surface area contributed by atoms with Crippen LogP contribution in [0.1, 0.15) is 31.4 Å². The molecule has 1 aromatic carbocycles. The number of methoxy groups -OCH3 is 1. The third kappa shape index (κ3) is 3.43. The summed E-state index contributed by atoms with van der Waals surface area (Å²) in [7, 11) is 1.68. The Morgan fingerprint density at radius 2 is 2.32 bits per heavy atom. The molecular formula is C15H20ClNO2. The van der Waals surface area contributed by atoms with Gasteiger partial charge in [0, 0.05) is 10.6 Å². The standard InChI is InChI=1S/C15H20ClNO2/c1-3-17-15(11-5-4-8-19-10-11)13-9-12(16)6-7-14(13)18-2/h6-7,9-10,15,17H,3-5,8H2,1-2H3. The smallest absolute Gasteiger partial charge is 0.124 e. The molecule has 2 rings (SSSR count). The molecule has 104 valence electrons. The van der Waals surface area contributed by atoms with Crippen molar-refractivity contribution >= 4 is 11.6 Å². The van der Waals surface area contributed by atoms with Gasteiger partial charge in [-0.05, 0) is 43.2 Å². The van der Waals surface area contributed by atoms with Gasteiger partial charge in [-0.1, -0.05) is 18.5 Å². The largest absolute Gasteiger partial charge is 0.501 e. The number of halogens is 1. The van der Waals surface area contributed by atoms with Gasteiger partial charge in [-0.25, -0.2) is 0 Å². The van der Waals surface area contributed by atoms with E-state index in [4.69, 9.17) is 21.1 Å². The molecule has 1 aromatic rings. The molecule has 1 aliphatic rings. The van der Waals surface area contributed by atoms with Crippen LogP contribution in [0.15, 0.2) is 30.0 Å². The van der Waals surface area contributed by atoms with Crippen LogP contribution in [-0.2, 0) is 4.74 Å². The van der Waals surface area contributed by atoms with Crippen molar-refractivity contribution in [1.29, 1.82) is 0 Å². The van der Waals surface area contributed by atoms with Gasteiger partial charge < -0.3 is 14.8 Å². The molecule has 1 unspecified atom stereocenters. The van der Waals surface area contributed by atoms with Crippen molar-refractivity contribution < 1.29 is 9.47 Å². The van der Waals surface area contributed by atoms with Crippen LogP contribution in [-0.4, -0.2) is 20.3 Å². The Morgan fingerprint density at radius 3 is 2.95 bits per heavy atom. The van der Waals surface area contributed by atoms with Crippen molar-refractivity contribution in [2.75, 3.05) is 20.3 Å². The topological polar surface area (TPSA) is 30.5 Å². The van der Waals surface area contributed by atoms with Crippen molar-refractivity contribution in [2.45, 2.75) is 25.8 Å². The first-order valence-electron chi connectivity index (χ1n) is 6.63. The summed E-state index contributed by atoms with van der Waals surface area (Å²) in [5, 5.41) is 4.20. The highest BCUT2D eigenvalue weighted by Crippen LogP contribution is 2.34. The van der Waals surface area contributed by atoms with E-state index in [0.29, 0.717) is 0 Å². The van der Waals surface area contributed by atoms with Gasteiger partial charge >= 0.3 is 0 Å². The Bertz CT molecular complexity index is 459. The lowest BCUT2D eigenvalue weighted by Gasteiger charge is -2.25. The molecule has 0 spiro atoms. The predicted octanol–water partition coefficient (Wildman–Crippen LogP) is 3.69. The Balaban J connectivity index is 2.37. The van der Waals surface area contributed by atoms with Gasteiger partial charge in [0.25, 0.3) is 0 Å². The van der Waals surface area contributed by atoms with Gasteiger partial charge in [-0.15, -0.1) is 0 Å². The fraction of sp³-hybridized carbons (Fsp3) is 0.467. The summed E-state index contributed by atoms with van der Waals surface area (Å²) in [5.41, 5.74) is 2.31. The van der Waals surface area contributed by atoms with E-state index in [1.807, 2.05) is 24.5 Å². The molecule has 19 heavy (non-hydrogen) atoms. The van der Waals surface area contributed by atoms with E-state index in [2.05, 4.69) is 12.2 Å². The number of rotatable bonds is 5. The van der Waals surface area contributed by atoms with Crippen LogP contribution in [0, 0.1) is 0 Å². The molecule has 0 amide bonds. The van der Waals surface area contributed by atoms with E-state index in [-0.39, 0.29) is 6.04 Å². The number of benzene rings is 1. The Kier molecular flexibility index (Phi) is 5.11. The van der Waals surface area contributed by atoms with Gasteiger partial charge in [0.2, 0.25) is 0 Å². The van der Waals surface area contributed by atoms with Crippen molar-refractivity contribution in [3.05, 3.63) is 40.6 Å². The number of likely N-dealkylation sites (N-methyl/N-ethyl adjacent to an activating group) is 1. The molecule has 3 nitrogen and oxygen atoms in total. The quantitative estimate of drug-likeness (QED) is 0.893. The van der Waals surface area contributed by atoms with E-state index in [1.54, 1.807) is 7.11 Å². The lowest BCUT2D eigenvalue weighted by atomic mass is 9.94. The van der Waals surface area contributed by atoms with Gasteiger partial charge in [-0.2, -0.15) is 0 Å². The van der Waals surface area contributed by atoms with Gasteiger partial charge in [-0.3, -0.25) is 0 Å². The van der Waals surface area contributed by atoms with Crippen LogP contribution < -0.4 is 10.1 Å². The molecule has 0 radical (unpaired) electrons. The molecule has 0 saturated heterocycles. The lowest BCUT2D eigenvalue weighted by molar-refractivity contribution is 0.219.